The number of carbonyl (C=O) groups is 1. The van der Waals surface area contributed by atoms with Gasteiger partial charge in [-0.3, -0.25) is 4.79 Å². The van der Waals surface area contributed by atoms with E-state index < -0.39 is 14.8 Å². The average Bonchev–Trinajstić information content (AvgIpc) is 2.55. The van der Waals surface area contributed by atoms with Crippen molar-refractivity contribution in [2.75, 3.05) is 5.32 Å². The predicted octanol–water partition coefficient (Wildman–Crippen LogP) is 2.77. The van der Waals surface area contributed by atoms with Crippen LogP contribution in [0.1, 0.15) is 52.0 Å². The summed E-state index contributed by atoms with van der Waals surface area (Å²) < 4.78 is 26.4. The number of hydrogen-bond donors (Lipinski definition) is 2. The Kier molecular flexibility index (Phi) is 5.86. The molecule has 0 radical (unpaired) electrons. The Morgan fingerprint density at radius 3 is 2.16 bits per heavy atom. The van der Waals surface area contributed by atoms with Crippen LogP contribution in [0.2, 0.25) is 0 Å². The number of amides is 1. The second-order valence-electron chi connectivity index (χ2n) is 7.46. The average molecular weight is 363 g/mol. The Hall–Kier alpha value is -1.91. The highest BCUT2D eigenvalue weighted by Gasteiger charge is 2.34. The van der Waals surface area contributed by atoms with Gasteiger partial charge in [-0.2, -0.15) is 5.26 Å². The molecule has 0 atom stereocenters. The van der Waals surface area contributed by atoms with Crippen molar-refractivity contribution in [1.29, 1.82) is 5.26 Å². The summed E-state index contributed by atoms with van der Waals surface area (Å²) in [6.07, 6.45) is 2.61. The highest BCUT2D eigenvalue weighted by atomic mass is 32.2. The van der Waals surface area contributed by atoms with E-state index in [1.54, 1.807) is 45.0 Å². The third-order valence-corrected chi connectivity index (χ3v) is 6.76. The van der Waals surface area contributed by atoms with Crippen LogP contribution in [0.3, 0.4) is 0 Å². The Labute approximate surface area is 149 Å². The molecule has 25 heavy (non-hydrogen) atoms. The van der Waals surface area contributed by atoms with Gasteiger partial charge in [-0.25, -0.2) is 13.1 Å². The summed E-state index contributed by atoms with van der Waals surface area (Å²) in [5, 5.41) is 11.6. The maximum atomic E-state index is 12.4. The molecular formula is C18H25N3O3S. The van der Waals surface area contributed by atoms with Crippen molar-refractivity contribution in [1.82, 2.24) is 4.72 Å². The molecule has 136 valence electrons. The van der Waals surface area contributed by atoms with E-state index in [0.29, 0.717) is 36.9 Å². The fraction of sp³-hybridized carbons (Fsp3) is 0.556. The molecule has 2 rings (SSSR count). The third kappa shape index (κ3) is 5.03. The highest BCUT2D eigenvalue weighted by molar-refractivity contribution is 7.90. The molecule has 0 bridgehead atoms. The van der Waals surface area contributed by atoms with Gasteiger partial charge < -0.3 is 5.32 Å². The molecule has 0 saturated heterocycles. The molecule has 2 N–H and O–H groups in total. The van der Waals surface area contributed by atoms with Crippen LogP contribution in [0.4, 0.5) is 5.69 Å². The van der Waals surface area contributed by atoms with E-state index in [-0.39, 0.29) is 17.9 Å². The van der Waals surface area contributed by atoms with Gasteiger partial charge in [0.25, 0.3) is 0 Å². The number of anilines is 1. The van der Waals surface area contributed by atoms with Crippen molar-refractivity contribution in [3.05, 3.63) is 29.8 Å². The maximum Gasteiger partial charge on any atom is 0.227 e. The van der Waals surface area contributed by atoms with Crippen molar-refractivity contribution in [3.63, 3.8) is 0 Å². The highest BCUT2D eigenvalue weighted by Crippen LogP contribution is 2.27. The number of nitriles is 1. The van der Waals surface area contributed by atoms with Crippen LogP contribution in [0.5, 0.6) is 0 Å². The zero-order valence-electron chi connectivity index (χ0n) is 14.9. The van der Waals surface area contributed by atoms with Crippen LogP contribution < -0.4 is 10.0 Å². The summed E-state index contributed by atoms with van der Waals surface area (Å²) in [7, 11) is -3.37. The molecule has 0 heterocycles. The minimum Gasteiger partial charge on any atom is -0.326 e. The molecule has 1 saturated carbocycles. The van der Waals surface area contributed by atoms with E-state index in [0.717, 1.165) is 0 Å². The van der Waals surface area contributed by atoms with Gasteiger partial charge in [-0.05, 0) is 70.7 Å². The Balaban J connectivity index is 1.87. The van der Waals surface area contributed by atoms with Crippen LogP contribution in [0.15, 0.2) is 24.3 Å². The summed E-state index contributed by atoms with van der Waals surface area (Å²) in [4.78, 5) is 12.4. The minimum absolute atomic E-state index is 0.0539. The van der Waals surface area contributed by atoms with E-state index in [1.165, 1.54) is 0 Å². The molecule has 1 fully saturated rings. The van der Waals surface area contributed by atoms with Crippen LogP contribution >= 0.6 is 0 Å². The molecule has 0 aromatic heterocycles. The molecule has 0 aliphatic heterocycles. The van der Waals surface area contributed by atoms with Crippen LogP contribution in [0.25, 0.3) is 0 Å². The molecule has 1 aromatic rings. The first-order valence-electron chi connectivity index (χ1n) is 8.45. The molecule has 0 spiro atoms. The summed E-state index contributed by atoms with van der Waals surface area (Å²) in [5.41, 5.74) is 1.21. The van der Waals surface area contributed by atoms with Gasteiger partial charge in [0.2, 0.25) is 15.9 Å². The number of nitrogens with one attached hydrogen (secondary N) is 2. The van der Waals surface area contributed by atoms with Crippen molar-refractivity contribution < 1.29 is 13.2 Å². The lowest BCUT2D eigenvalue weighted by Gasteiger charge is -2.30. The Bertz CT molecular complexity index is 750. The molecule has 6 nitrogen and oxygen atoms in total. The summed E-state index contributed by atoms with van der Waals surface area (Å²) >= 11 is 0. The second-order valence-corrected chi connectivity index (χ2v) is 9.93. The number of rotatable bonds is 4. The van der Waals surface area contributed by atoms with Gasteiger partial charge in [-0.1, -0.05) is 0 Å². The fourth-order valence-corrected chi connectivity index (χ4v) is 3.77. The summed E-state index contributed by atoms with van der Waals surface area (Å²) in [6.45, 7) is 5.02. The molecule has 1 aliphatic carbocycles. The van der Waals surface area contributed by atoms with Gasteiger partial charge in [0, 0.05) is 17.6 Å². The van der Waals surface area contributed by atoms with Crippen molar-refractivity contribution >= 4 is 21.6 Å². The monoisotopic (exact) mass is 363 g/mol. The van der Waals surface area contributed by atoms with Crippen molar-refractivity contribution in [2.24, 2.45) is 5.92 Å². The minimum atomic E-state index is -3.37. The topological polar surface area (TPSA) is 99.1 Å². The Morgan fingerprint density at radius 2 is 1.68 bits per heavy atom. The number of benzene rings is 1. The normalized spacial score (nSPS) is 21.4. The molecule has 1 amide bonds. The molecule has 7 heteroatoms. The lowest BCUT2D eigenvalue weighted by molar-refractivity contribution is -0.120. The number of hydrogen-bond acceptors (Lipinski definition) is 4. The van der Waals surface area contributed by atoms with Gasteiger partial charge >= 0.3 is 0 Å². The van der Waals surface area contributed by atoms with E-state index in [2.05, 4.69) is 10.0 Å². The van der Waals surface area contributed by atoms with E-state index >= 15 is 0 Å². The van der Waals surface area contributed by atoms with Crippen molar-refractivity contribution in [3.8, 4) is 6.07 Å². The zero-order valence-corrected chi connectivity index (χ0v) is 15.7. The van der Waals surface area contributed by atoms with Crippen molar-refractivity contribution in [2.45, 2.75) is 57.2 Å². The molecule has 1 aromatic carbocycles. The van der Waals surface area contributed by atoms with Gasteiger partial charge in [0.15, 0.2) is 0 Å². The van der Waals surface area contributed by atoms with Crippen LogP contribution in [0, 0.1) is 17.2 Å². The van der Waals surface area contributed by atoms with E-state index in [4.69, 9.17) is 5.26 Å². The molecule has 0 unspecified atom stereocenters. The van der Waals surface area contributed by atoms with Gasteiger partial charge in [-0.15, -0.1) is 0 Å². The number of carbonyl (C=O) groups excluding carboxylic acids is 1. The smallest absolute Gasteiger partial charge is 0.227 e. The number of sulfonamides is 1. The zero-order chi connectivity index (χ0) is 18.7. The van der Waals surface area contributed by atoms with Gasteiger partial charge in [0.1, 0.15) is 0 Å². The molecular weight excluding hydrogens is 338 g/mol. The largest absolute Gasteiger partial charge is 0.326 e. The van der Waals surface area contributed by atoms with E-state index in [9.17, 15) is 13.2 Å². The first kappa shape index (κ1) is 19.4. The second kappa shape index (κ2) is 7.54. The SMILES string of the molecule is CC(C)(C)S(=O)(=O)NC1CCC(C(=O)Nc2ccc(C#N)cc2)CC1. The fourth-order valence-electron chi connectivity index (χ4n) is 2.74. The summed E-state index contributed by atoms with van der Waals surface area (Å²) in [5.74, 6) is -0.173. The van der Waals surface area contributed by atoms with Gasteiger partial charge in [0.05, 0.1) is 16.4 Å². The predicted molar refractivity (Wildman–Crippen MR) is 97.3 cm³/mol. The van der Waals surface area contributed by atoms with Crippen LogP contribution in [-0.4, -0.2) is 25.1 Å². The van der Waals surface area contributed by atoms with E-state index in [1.807, 2.05) is 6.07 Å². The Morgan fingerprint density at radius 1 is 1.12 bits per heavy atom. The maximum absolute atomic E-state index is 12.4. The third-order valence-electron chi connectivity index (χ3n) is 4.51. The first-order chi connectivity index (χ1) is 11.6. The lowest BCUT2D eigenvalue weighted by atomic mass is 9.86. The molecule has 1 aliphatic rings. The standard InChI is InChI=1S/C18H25N3O3S/c1-18(2,3)25(23,24)21-16-10-6-14(7-11-16)17(22)20-15-8-4-13(12-19)5-9-15/h4-5,8-9,14,16,21H,6-7,10-11H2,1-3H3,(H,20,22). The summed E-state index contributed by atoms with van der Waals surface area (Å²) in [6, 6.07) is 8.66. The first-order valence-corrected chi connectivity index (χ1v) is 9.93. The number of nitrogens with zero attached hydrogens (tertiary/aromatic N) is 1. The lowest BCUT2D eigenvalue weighted by Crippen LogP contribution is -2.46. The quantitative estimate of drug-likeness (QED) is 0.859. The van der Waals surface area contributed by atoms with Crippen LogP contribution in [-0.2, 0) is 14.8 Å².